The molecule has 0 fully saturated rings. The van der Waals surface area contributed by atoms with Crippen LogP contribution in [0.1, 0.15) is 27.0 Å². The molecule has 0 aliphatic rings. The Bertz CT molecular complexity index is 761. The molecule has 1 aromatic carbocycles. The van der Waals surface area contributed by atoms with Gasteiger partial charge in [0, 0.05) is 23.6 Å². The van der Waals surface area contributed by atoms with Crippen molar-refractivity contribution in [3.63, 3.8) is 0 Å². The van der Waals surface area contributed by atoms with Crippen molar-refractivity contribution >= 4 is 11.6 Å². The molecular weight excluding hydrogens is 293 g/mol. The van der Waals surface area contributed by atoms with Crippen LogP contribution in [0.5, 0.6) is 0 Å². The molecule has 0 bridgehead atoms. The second-order valence-electron chi connectivity index (χ2n) is 4.59. The Labute approximate surface area is 125 Å². The number of aromatic nitrogens is 1. The molecule has 0 spiro atoms. The Hall–Kier alpha value is -2.81. The van der Waals surface area contributed by atoms with E-state index in [0.29, 0.717) is 17.4 Å². The highest BCUT2D eigenvalue weighted by Gasteiger charge is 2.31. The van der Waals surface area contributed by atoms with Gasteiger partial charge in [-0.1, -0.05) is 12.0 Å². The van der Waals surface area contributed by atoms with Gasteiger partial charge in [-0.15, -0.1) is 6.42 Å². The number of hydrogen-bond donors (Lipinski definition) is 1. The van der Waals surface area contributed by atoms with Crippen molar-refractivity contribution in [2.45, 2.75) is 13.1 Å². The molecule has 22 heavy (non-hydrogen) atoms. The summed E-state index contributed by atoms with van der Waals surface area (Å²) in [7, 11) is 0. The van der Waals surface area contributed by atoms with E-state index in [4.69, 9.17) is 6.42 Å². The normalized spacial score (nSPS) is 10.9. The number of alkyl halides is 3. The molecule has 0 saturated heterocycles. The summed E-state index contributed by atoms with van der Waals surface area (Å²) in [6.07, 6.45) is 2.52. The second kappa shape index (κ2) is 5.90. The standard InChI is InChI=1S/C16H11F3N2O/c1-3-11-7-14(5-4-10(11)2)21-15(22)12-6-13(9-20-8-12)16(17,18)19/h1,4-9H,2H3,(H,21,22). The Morgan fingerprint density at radius 1 is 1.27 bits per heavy atom. The van der Waals surface area contributed by atoms with Crippen LogP contribution >= 0.6 is 0 Å². The molecule has 1 heterocycles. The van der Waals surface area contributed by atoms with Crippen molar-refractivity contribution in [3.8, 4) is 12.3 Å². The molecule has 2 aromatic rings. The number of halogens is 3. The van der Waals surface area contributed by atoms with E-state index < -0.39 is 17.6 Å². The first-order valence-electron chi connectivity index (χ1n) is 6.22. The number of nitrogens with zero attached hydrogens (tertiary/aromatic N) is 1. The topological polar surface area (TPSA) is 42.0 Å². The summed E-state index contributed by atoms with van der Waals surface area (Å²) in [5.74, 6) is 1.78. The van der Waals surface area contributed by atoms with Crippen LogP contribution in [0.2, 0.25) is 0 Å². The number of amides is 1. The molecule has 1 N–H and O–H groups in total. The molecule has 0 aliphatic carbocycles. The maximum absolute atomic E-state index is 12.6. The smallest absolute Gasteiger partial charge is 0.322 e. The van der Waals surface area contributed by atoms with Crippen LogP contribution in [0.4, 0.5) is 18.9 Å². The summed E-state index contributed by atoms with van der Waals surface area (Å²) in [6, 6.07) is 5.66. The average molecular weight is 304 g/mol. The summed E-state index contributed by atoms with van der Waals surface area (Å²) in [5.41, 5.74) is 0.702. The van der Waals surface area contributed by atoms with Crippen LogP contribution in [-0.2, 0) is 6.18 Å². The lowest BCUT2D eigenvalue weighted by Gasteiger charge is -2.09. The molecule has 1 aromatic heterocycles. The molecule has 3 nitrogen and oxygen atoms in total. The number of terminal acetylenes is 1. The maximum Gasteiger partial charge on any atom is 0.417 e. The number of aryl methyl sites for hydroxylation is 1. The fourth-order valence-electron chi connectivity index (χ4n) is 1.78. The third kappa shape index (κ3) is 3.44. The SMILES string of the molecule is C#Cc1cc(NC(=O)c2cncc(C(F)(F)F)c2)ccc1C. The van der Waals surface area contributed by atoms with E-state index >= 15 is 0 Å². The van der Waals surface area contributed by atoms with E-state index in [1.165, 1.54) is 0 Å². The highest BCUT2D eigenvalue weighted by molar-refractivity contribution is 6.04. The van der Waals surface area contributed by atoms with Crippen LogP contribution in [-0.4, -0.2) is 10.9 Å². The zero-order valence-electron chi connectivity index (χ0n) is 11.5. The Kier molecular flexibility index (Phi) is 4.18. The van der Waals surface area contributed by atoms with Gasteiger partial charge >= 0.3 is 6.18 Å². The van der Waals surface area contributed by atoms with Crippen LogP contribution in [0.3, 0.4) is 0 Å². The van der Waals surface area contributed by atoms with E-state index in [2.05, 4.69) is 16.2 Å². The van der Waals surface area contributed by atoms with Gasteiger partial charge in [0.2, 0.25) is 0 Å². The number of benzene rings is 1. The van der Waals surface area contributed by atoms with Crippen molar-refractivity contribution in [2.75, 3.05) is 5.32 Å². The van der Waals surface area contributed by atoms with Gasteiger partial charge in [-0.2, -0.15) is 13.2 Å². The Morgan fingerprint density at radius 2 is 2.00 bits per heavy atom. The van der Waals surface area contributed by atoms with E-state index in [0.717, 1.165) is 17.8 Å². The van der Waals surface area contributed by atoms with Gasteiger partial charge in [-0.05, 0) is 30.7 Å². The quantitative estimate of drug-likeness (QED) is 0.861. The summed E-state index contributed by atoms with van der Waals surface area (Å²) < 4.78 is 37.8. The third-order valence-corrected chi connectivity index (χ3v) is 2.98. The first-order chi connectivity index (χ1) is 10.3. The van der Waals surface area contributed by atoms with Gasteiger partial charge in [-0.25, -0.2) is 0 Å². The largest absolute Gasteiger partial charge is 0.417 e. The zero-order chi connectivity index (χ0) is 16.3. The van der Waals surface area contributed by atoms with Crippen molar-refractivity contribution in [2.24, 2.45) is 0 Å². The lowest BCUT2D eigenvalue weighted by Crippen LogP contribution is -2.14. The first kappa shape index (κ1) is 15.6. The number of hydrogen-bond acceptors (Lipinski definition) is 2. The second-order valence-corrected chi connectivity index (χ2v) is 4.59. The predicted octanol–water partition coefficient (Wildman–Crippen LogP) is 3.64. The molecule has 0 aliphatic heterocycles. The molecule has 112 valence electrons. The van der Waals surface area contributed by atoms with Gasteiger partial charge < -0.3 is 5.32 Å². The first-order valence-corrected chi connectivity index (χ1v) is 6.22. The minimum absolute atomic E-state index is 0.183. The van der Waals surface area contributed by atoms with Crippen LogP contribution in [0, 0.1) is 19.3 Å². The van der Waals surface area contributed by atoms with Gasteiger partial charge in [0.15, 0.2) is 0 Å². The highest BCUT2D eigenvalue weighted by atomic mass is 19.4. The van der Waals surface area contributed by atoms with Gasteiger partial charge in [0.25, 0.3) is 5.91 Å². The molecule has 6 heteroatoms. The average Bonchev–Trinajstić information content (AvgIpc) is 2.48. The lowest BCUT2D eigenvalue weighted by atomic mass is 10.1. The van der Waals surface area contributed by atoms with Gasteiger partial charge in [0.05, 0.1) is 11.1 Å². The Balaban J connectivity index is 2.25. The Morgan fingerprint density at radius 3 is 2.64 bits per heavy atom. The molecule has 0 saturated carbocycles. The minimum Gasteiger partial charge on any atom is -0.322 e. The summed E-state index contributed by atoms with van der Waals surface area (Å²) in [5, 5.41) is 2.50. The molecular formula is C16H11F3N2O. The number of carbonyl (C=O) groups is 1. The third-order valence-electron chi connectivity index (χ3n) is 2.98. The molecule has 1 amide bonds. The zero-order valence-corrected chi connectivity index (χ0v) is 11.5. The number of nitrogens with one attached hydrogen (secondary N) is 1. The highest BCUT2D eigenvalue weighted by Crippen LogP contribution is 2.29. The van der Waals surface area contributed by atoms with Crippen LogP contribution in [0.25, 0.3) is 0 Å². The molecule has 0 unspecified atom stereocenters. The summed E-state index contributed by atoms with van der Waals surface area (Å²) in [4.78, 5) is 15.5. The van der Waals surface area contributed by atoms with Crippen molar-refractivity contribution in [1.82, 2.24) is 4.98 Å². The fraction of sp³-hybridized carbons (Fsp3) is 0.125. The van der Waals surface area contributed by atoms with Gasteiger partial charge in [-0.3, -0.25) is 9.78 Å². The maximum atomic E-state index is 12.6. The lowest BCUT2D eigenvalue weighted by molar-refractivity contribution is -0.137. The van der Waals surface area contributed by atoms with E-state index in [1.807, 2.05) is 6.92 Å². The summed E-state index contributed by atoms with van der Waals surface area (Å²) in [6.45, 7) is 1.82. The monoisotopic (exact) mass is 304 g/mol. The van der Waals surface area contributed by atoms with E-state index in [9.17, 15) is 18.0 Å². The van der Waals surface area contributed by atoms with Crippen molar-refractivity contribution < 1.29 is 18.0 Å². The summed E-state index contributed by atoms with van der Waals surface area (Å²) >= 11 is 0. The van der Waals surface area contributed by atoms with Gasteiger partial charge in [0.1, 0.15) is 0 Å². The number of carbonyl (C=O) groups excluding carboxylic acids is 1. The fourth-order valence-corrected chi connectivity index (χ4v) is 1.78. The number of rotatable bonds is 2. The molecule has 0 atom stereocenters. The van der Waals surface area contributed by atoms with Crippen LogP contribution < -0.4 is 5.32 Å². The predicted molar refractivity (Wildman–Crippen MR) is 76.3 cm³/mol. The number of anilines is 1. The molecule has 2 rings (SSSR count). The van der Waals surface area contributed by atoms with E-state index in [1.54, 1.807) is 18.2 Å². The van der Waals surface area contributed by atoms with E-state index in [-0.39, 0.29) is 5.56 Å². The number of pyridine rings is 1. The molecule has 0 radical (unpaired) electrons. The van der Waals surface area contributed by atoms with Crippen molar-refractivity contribution in [3.05, 3.63) is 58.9 Å². The minimum atomic E-state index is -4.55. The van der Waals surface area contributed by atoms with Crippen LogP contribution in [0.15, 0.2) is 36.7 Å². The van der Waals surface area contributed by atoms with Crippen molar-refractivity contribution in [1.29, 1.82) is 0 Å².